The largest absolute Gasteiger partial charge is 0.453 e. The van der Waals surface area contributed by atoms with E-state index in [1.54, 1.807) is 48.3 Å². The standard InChI is InChI=1S/C17H18ClN3O3/c1-21(11-12-6-8-13(18)9-7-12)16(22)19-14-4-3-5-15(10-14)20-17(23)24-2/h3-10H,11H2,1-2H3,(H,19,22)(H,20,23). The number of ether oxygens (including phenoxy) is 1. The first kappa shape index (κ1) is 17.6. The summed E-state index contributed by atoms with van der Waals surface area (Å²) in [6.07, 6.45) is -0.571. The summed E-state index contributed by atoms with van der Waals surface area (Å²) in [6, 6.07) is 13.8. The molecule has 0 fully saturated rings. The molecule has 2 aromatic rings. The predicted molar refractivity (Wildman–Crippen MR) is 94.4 cm³/mol. The van der Waals surface area contributed by atoms with E-state index in [2.05, 4.69) is 15.4 Å². The quantitative estimate of drug-likeness (QED) is 0.871. The minimum absolute atomic E-state index is 0.264. The van der Waals surface area contributed by atoms with Crippen molar-refractivity contribution in [2.24, 2.45) is 0 Å². The highest BCUT2D eigenvalue weighted by atomic mass is 35.5. The summed E-state index contributed by atoms with van der Waals surface area (Å²) >= 11 is 5.85. The van der Waals surface area contributed by atoms with Gasteiger partial charge in [0.2, 0.25) is 0 Å². The maximum atomic E-state index is 12.3. The first-order valence-electron chi connectivity index (χ1n) is 7.19. The van der Waals surface area contributed by atoms with Crippen LogP contribution in [0.2, 0.25) is 5.02 Å². The van der Waals surface area contributed by atoms with Crippen LogP contribution in [-0.4, -0.2) is 31.2 Å². The number of halogens is 1. The number of hydrogen-bond acceptors (Lipinski definition) is 3. The van der Waals surface area contributed by atoms with Crippen LogP contribution in [0.1, 0.15) is 5.56 Å². The highest BCUT2D eigenvalue weighted by Crippen LogP contribution is 2.16. The molecule has 0 spiro atoms. The minimum Gasteiger partial charge on any atom is -0.453 e. The molecule has 2 N–H and O–H groups in total. The lowest BCUT2D eigenvalue weighted by molar-refractivity contribution is 0.187. The molecule has 0 heterocycles. The van der Waals surface area contributed by atoms with E-state index in [0.29, 0.717) is 22.9 Å². The fraction of sp³-hybridized carbons (Fsp3) is 0.176. The summed E-state index contributed by atoms with van der Waals surface area (Å²) in [5.74, 6) is 0. The lowest BCUT2D eigenvalue weighted by atomic mass is 10.2. The molecule has 7 heteroatoms. The van der Waals surface area contributed by atoms with Crippen molar-refractivity contribution in [1.29, 1.82) is 0 Å². The zero-order valence-electron chi connectivity index (χ0n) is 13.4. The Bertz CT molecular complexity index is 719. The van der Waals surface area contributed by atoms with E-state index in [1.807, 2.05) is 12.1 Å². The zero-order chi connectivity index (χ0) is 17.5. The van der Waals surface area contributed by atoms with Crippen molar-refractivity contribution in [3.8, 4) is 0 Å². The second-order valence-electron chi connectivity index (χ2n) is 5.11. The van der Waals surface area contributed by atoms with Crippen LogP contribution in [0.15, 0.2) is 48.5 Å². The number of hydrogen-bond donors (Lipinski definition) is 2. The van der Waals surface area contributed by atoms with Gasteiger partial charge in [-0.3, -0.25) is 5.32 Å². The zero-order valence-corrected chi connectivity index (χ0v) is 14.1. The third kappa shape index (κ3) is 5.17. The molecule has 0 aliphatic heterocycles. The monoisotopic (exact) mass is 347 g/mol. The van der Waals surface area contributed by atoms with Gasteiger partial charge in [-0.2, -0.15) is 0 Å². The molecular weight excluding hydrogens is 330 g/mol. The molecular formula is C17H18ClN3O3. The van der Waals surface area contributed by atoms with Gasteiger partial charge >= 0.3 is 12.1 Å². The Hall–Kier alpha value is -2.73. The van der Waals surface area contributed by atoms with Crippen molar-refractivity contribution in [2.45, 2.75) is 6.54 Å². The number of urea groups is 1. The van der Waals surface area contributed by atoms with Crippen LogP contribution >= 0.6 is 11.6 Å². The maximum absolute atomic E-state index is 12.3. The normalized spacial score (nSPS) is 9.96. The van der Waals surface area contributed by atoms with Gasteiger partial charge in [-0.1, -0.05) is 29.8 Å². The van der Waals surface area contributed by atoms with Crippen LogP contribution in [0.4, 0.5) is 21.0 Å². The summed E-state index contributed by atoms with van der Waals surface area (Å²) in [7, 11) is 2.98. The summed E-state index contributed by atoms with van der Waals surface area (Å²) in [5, 5.41) is 5.97. The fourth-order valence-electron chi connectivity index (χ4n) is 2.00. The van der Waals surface area contributed by atoms with Crippen molar-refractivity contribution in [3.05, 3.63) is 59.1 Å². The molecule has 2 rings (SSSR count). The molecule has 0 unspecified atom stereocenters. The van der Waals surface area contributed by atoms with E-state index >= 15 is 0 Å². The van der Waals surface area contributed by atoms with Crippen molar-refractivity contribution < 1.29 is 14.3 Å². The molecule has 126 valence electrons. The third-order valence-electron chi connectivity index (χ3n) is 3.23. The van der Waals surface area contributed by atoms with Crippen LogP contribution in [0.3, 0.4) is 0 Å². The summed E-state index contributed by atoms with van der Waals surface area (Å²) in [5.41, 5.74) is 2.06. The van der Waals surface area contributed by atoms with E-state index in [1.165, 1.54) is 7.11 Å². The number of rotatable bonds is 4. The van der Waals surface area contributed by atoms with Crippen LogP contribution in [0.25, 0.3) is 0 Å². The number of carbonyl (C=O) groups excluding carboxylic acids is 2. The van der Waals surface area contributed by atoms with Gasteiger partial charge in [0.15, 0.2) is 0 Å². The van der Waals surface area contributed by atoms with Gasteiger partial charge in [0.25, 0.3) is 0 Å². The van der Waals surface area contributed by atoms with Crippen molar-refractivity contribution >= 4 is 35.1 Å². The predicted octanol–water partition coefficient (Wildman–Crippen LogP) is 4.18. The second kappa shape index (κ2) is 8.21. The number of nitrogens with one attached hydrogen (secondary N) is 2. The highest BCUT2D eigenvalue weighted by Gasteiger charge is 2.10. The van der Waals surface area contributed by atoms with E-state index in [-0.39, 0.29) is 6.03 Å². The van der Waals surface area contributed by atoms with Gasteiger partial charge < -0.3 is 15.0 Å². The Morgan fingerprint density at radius 2 is 1.71 bits per heavy atom. The van der Waals surface area contributed by atoms with Gasteiger partial charge in [0, 0.05) is 30.0 Å². The molecule has 0 aromatic heterocycles. The Morgan fingerprint density at radius 1 is 1.08 bits per heavy atom. The van der Waals surface area contributed by atoms with Crippen molar-refractivity contribution in [1.82, 2.24) is 4.90 Å². The van der Waals surface area contributed by atoms with Crippen LogP contribution < -0.4 is 10.6 Å². The highest BCUT2D eigenvalue weighted by molar-refractivity contribution is 6.30. The van der Waals surface area contributed by atoms with E-state index in [0.717, 1.165) is 5.56 Å². The molecule has 0 saturated carbocycles. The average molecular weight is 348 g/mol. The number of nitrogens with zero attached hydrogens (tertiary/aromatic N) is 1. The summed E-state index contributed by atoms with van der Waals surface area (Å²) in [4.78, 5) is 25.0. The summed E-state index contributed by atoms with van der Waals surface area (Å²) in [6.45, 7) is 0.448. The second-order valence-corrected chi connectivity index (χ2v) is 5.55. The maximum Gasteiger partial charge on any atom is 0.411 e. The van der Waals surface area contributed by atoms with Gasteiger partial charge in [0.1, 0.15) is 0 Å². The molecule has 0 aliphatic rings. The molecule has 3 amide bonds. The number of benzene rings is 2. The molecule has 24 heavy (non-hydrogen) atoms. The van der Waals surface area contributed by atoms with E-state index in [9.17, 15) is 9.59 Å². The van der Waals surface area contributed by atoms with Gasteiger partial charge in [-0.25, -0.2) is 9.59 Å². The minimum atomic E-state index is -0.571. The molecule has 0 saturated heterocycles. The molecule has 0 aliphatic carbocycles. The van der Waals surface area contributed by atoms with Crippen molar-refractivity contribution in [2.75, 3.05) is 24.8 Å². The molecule has 0 bridgehead atoms. The molecule has 6 nitrogen and oxygen atoms in total. The van der Waals surface area contributed by atoms with E-state index in [4.69, 9.17) is 11.6 Å². The number of carbonyl (C=O) groups is 2. The van der Waals surface area contributed by atoms with Gasteiger partial charge in [-0.15, -0.1) is 0 Å². The first-order valence-corrected chi connectivity index (χ1v) is 7.57. The topological polar surface area (TPSA) is 70.7 Å². The Morgan fingerprint density at radius 3 is 2.33 bits per heavy atom. The third-order valence-corrected chi connectivity index (χ3v) is 3.48. The SMILES string of the molecule is COC(=O)Nc1cccc(NC(=O)N(C)Cc2ccc(Cl)cc2)c1. The van der Waals surface area contributed by atoms with Gasteiger partial charge in [-0.05, 0) is 35.9 Å². The fourth-order valence-corrected chi connectivity index (χ4v) is 2.12. The Kier molecular flexibility index (Phi) is 6.03. The number of methoxy groups -OCH3 is 1. The number of amides is 3. The Balaban J connectivity index is 1.96. The summed E-state index contributed by atoms with van der Waals surface area (Å²) < 4.78 is 4.53. The smallest absolute Gasteiger partial charge is 0.411 e. The molecule has 0 atom stereocenters. The van der Waals surface area contributed by atoms with Crippen molar-refractivity contribution in [3.63, 3.8) is 0 Å². The lowest BCUT2D eigenvalue weighted by Gasteiger charge is -2.18. The lowest BCUT2D eigenvalue weighted by Crippen LogP contribution is -2.30. The first-order chi connectivity index (χ1) is 11.5. The van der Waals surface area contributed by atoms with Crippen LogP contribution in [0.5, 0.6) is 0 Å². The number of anilines is 2. The van der Waals surface area contributed by atoms with Gasteiger partial charge in [0.05, 0.1) is 7.11 Å². The molecule has 0 radical (unpaired) electrons. The van der Waals surface area contributed by atoms with Crippen LogP contribution in [-0.2, 0) is 11.3 Å². The molecule has 2 aromatic carbocycles. The van der Waals surface area contributed by atoms with Crippen LogP contribution in [0, 0.1) is 0 Å². The average Bonchev–Trinajstić information content (AvgIpc) is 2.57. The van der Waals surface area contributed by atoms with E-state index < -0.39 is 6.09 Å². The Labute approximate surface area is 145 Å².